The summed E-state index contributed by atoms with van der Waals surface area (Å²) in [4.78, 5) is 13.8. The zero-order valence-electron chi connectivity index (χ0n) is 12.2. The van der Waals surface area contributed by atoms with Gasteiger partial charge in [-0.2, -0.15) is 0 Å². The highest BCUT2D eigenvalue weighted by atomic mass is 16.1. The molecule has 1 aliphatic rings. The highest BCUT2D eigenvalue weighted by Gasteiger charge is 2.23. The van der Waals surface area contributed by atoms with Crippen LogP contribution in [0.25, 0.3) is 0 Å². The van der Waals surface area contributed by atoms with Gasteiger partial charge in [0.1, 0.15) is 5.78 Å². The first-order valence-electron chi connectivity index (χ1n) is 7.34. The minimum Gasteiger partial charge on any atom is -0.374 e. The van der Waals surface area contributed by atoms with Crippen molar-refractivity contribution in [1.29, 1.82) is 0 Å². The number of hydrogen-bond donors (Lipinski definition) is 1. The number of hydrogen-bond acceptors (Lipinski definition) is 3. The van der Waals surface area contributed by atoms with Crippen LogP contribution in [0.15, 0.2) is 11.8 Å². The van der Waals surface area contributed by atoms with E-state index in [4.69, 9.17) is 0 Å². The molecule has 3 nitrogen and oxygen atoms in total. The van der Waals surface area contributed by atoms with Gasteiger partial charge in [-0.3, -0.25) is 4.79 Å². The number of carbonyl (C=O) groups is 1. The number of rotatable bonds is 7. The fourth-order valence-electron chi connectivity index (χ4n) is 2.52. The summed E-state index contributed by atoms with van der Waals surface area (Å²) in [6.07, 6.45) is 6.60. The third kappa shape index (κ3) is 4.81. The molecule has 0 aliphatic carbocycles. The van der Waals surface area contributed by atoms with Gasteiger partial charge in [0.15, 0.2) is 0 Å². The minimum atomic E-state index is 0.299. The molecule has 3 heteroatoms. The largest absolute Gasteiger partial charge is 0.374 e. The van der Waals surface area contributed by atoms with E-state index in [0.29, 0.717) is 11.7 Å². The van der Waals surface area contributed by atoms with Crippen molar-refractivity contribution in [3.05, 3.63) is 11.8 Å². The van der Waals surface area contributed by atoms with E-state index in [1.807, 2.05) is 0 Å². The van der Waals surface area contributed by atoms with Gasteiger partial charge >= 0.3 is 0 Å². The molecule has 0 spiro atoms. The van der Waals surface area contributed by atoms with Gasteiger partial charge in [0.2, 0.25) is 0 Å². The number of nitrogens with zero attached hydrogens (tertiary/aromatic N) is 1. The minimum absolute atomic E-state index is 0.299. The Labute approximate surface area is 112 Å². The Hall–Kier alpha value is -0.830. The molecule has 0 radical (unpaired) electrons. The summed E-state index contributed by atoms with van der Waals surface area (Å²) in [6.45, 7) is 10.2. The molecule has 104 valence electrons. The average Bonchev–Trinajstić information content (AvgIpc) is 2.38. The van der Waals surface area contributed by atoms with Gasteiger partial charge in [-0.1, -0.05) is 19.9 Å². The van der Waals surface area contributed by atoms with Crippen LogP contribution in [0.4, 0.5) is 0 Å². The molecule has 0 unspecified atom stereocenters. The van der Waals surface area contributed by atoms with E-state index < -0.39 is 0 Å². The number of ketones is 1. The summed E-state index contributed by atoms with van der Waals surface area (Å²) in [6, 6.07) is 0. The van der Waals surface area contributed by atoms with Crippen LogP contribution in [-0.4, -0.2) is 36.9 Å². The topological polar surface area (TPSA) is 32.3 Å². The molecule has 0 aromatic rings. The Morgan fingerprint density at radius 2 is 2.00 bits per heavy atom. The van der Waals surface area contributed by atoms with Crippen molar-refractivity contribution in [3.63, 3.8) is 0 Å². The predicted molar refractivity (Wildman–Crippen MR) is 76.5 cm³/mol. The average molecular weight is 252 g/mol. The van der Waals surface area contributed by atoms with Crippen LogP contribution in [0, 0.1) is 5.92 Å². The predicted octanol–water partition coefficient (Wildman–Crippen LogP) is 2.58. The van der Waals surface area contributed by atoms with Gasteiger partial charge in [0.05, 0.1) is 0 Å². The first-order chi connectivity index (χ1) is 8.69. The smallest absolute Gasteiger partial charge is 0.133 e. The summed E-state index contributed by atoms with van der Waals surface area (Å²) in [5.74, 6) is 0.660. The zero-order valence-corrected chi connectivity index (χ0v) is 12.2. The highest BCUT2D eigenvalue weighted by Crippen LogP contribution is 2.21. The third-order valence-corrected chi connectivity index (χ3v) is 3.65. The number of Topliss-reactive ketones (excluding diaryl/α,β-unsaturated/α-hetero) is 1. The van der Waals surface area contributed by atoms with Crippen molar-refractivity contribution in [1.82, 2.24) is 10.2 Å². The number of piperidine rings is 1. The highest BCUT2D eigenvalue weighted by molar-refractivity contribution is 5.78. The summed E-state index contributed by atoms with van der Waals surface area (Å²) >= 11 is 0. The van der Waals surface area contributed by atoms with E-state index in [0.717, 1.165) is 45.4 Å². The van der Waals surface area contributed by atoms with Crippen molar-refractivity contribution in [2.24, 2.45) is 5.92 Å². The van der Waals surface area contributed by atoms with Crippen molar-refractivity contribution < 1.29 is 4.79 Å². The van der Waals surface area contributed by atoms with Crippen LogP contribution in [0.2, 0.25) is 0 Å². The molecular weight excluding hydrogens is 224 g/mol. The third-order valence-electron chi connectivity index (χ3n) is 3.65. The first-order valence-corrected chi connectivity index (χ1v) is 7.34. The van der Waals surface area contributed by atoms with E-state index in [1.54, 1.807) is 6.92 Å². The molecule has 0 amide bonds. The summed E-state index contributed by atoms with van der Waals surface area (Å²) < 4.78 is 0. The monoisotopic (exact) mass is 252 g/mol. The Kier molecular flexibility index (Phi) is 7.02. The van der Waals surface area contributed by atoms with Crippen LogP contribution >= 0.6 is 0 Å². The summed E-state index contributed by atoms with van der Waals surface area (Å²) in [5.41, 5.74) is 1.41. The molecular formula is C15H28N2O. The summed E-state index contributed by atoms with van der Waals surface area (Å²) in [7, 11) is 0. The lowest BCUT2D eigenvalue weighted by molar-refractivity contribution is -0.121. The first kappa shape index (κ1) is 15.2. The maximum Gasteiger partial charge on any atom is 0.133 e. The second-order valence-electron chi connectivity index (χ2n) is 5.15. The normalized spacial score (nSPS) is 18.2. The van der Waals surface area contributed by atoms with Gasteiger partial charge in [-0.25, -0.2) is 0 Å². The molecule has 1 aliphatic heterocycles. The molecule has 1 fully saturated rings. The van der Waals surface area contributed by atoms with E-state index in [2.05, 4.69) is 30.1 Å². The quantitative estimate of drug-likeness (QED) is 0.707. The molecule has 18 heavy (non-hydrogen) atoms. The van der Waals surface area contributed by atoms with Gasteiger partial charge in [-0.05, 0) is 39.2 Å². The number of allylic oxidation sites excluding steroid dienone is 1. The van der Waals surface area contributed by atoms with Crippen molar-refractivity contribution in [2.75, 3.05) is 26.2 Å². The van der Waals surface area contributed by atoms with Crippen LogP contribution in [0.5, 0.6) is 0 Å². The van der Waals surface area contributed by atoms with Crippen molar-refractivity contribution in [3.8, 4) is 0 Å². The molecule has 0 saturated carbocycles. The lowest BCUT2D eigenvalue weighted by Gasteiger charge is -2.34. The lowest BCUT2D eigenvalue weighted by Crippen LogP contribution is -2.38. The van der Waals surface area contributed by atoms with Crippen molar-refractivity contribution in [2.45, 2.75) is 46.5 Å². The van der Waals surface area contributed by atoms with Crippen molar-refractivity contribution >= 4 is 5.78 Å². The Morgan fingerprint density at radius 3 is 2.50 bits per heavy atom. The number of nitrogens with one attached hydrogen (secondary N) is 1. The molecule has 1 heterocycles. The molecule has 1 N–H and O–H groups in total. The van der Waals surface area contributed by atoms with Gasteiger partial charge < -0.3 is 10.2 Å². The molecule has 0 aromatic carbocycles. The van der Waals surface area contributed by atoms with E-state index >= 15 is 0 Å². The molecule has 0 aromatic heterocycles. The van der Waals surface area contributed by atoms with Gasteiger partial charge in [0, 0.05) is 31.2 Å². The second kappa shape index (κ2) is 8.30. The fraction of sp³-hybridized carbons (Fsp3) is 0.800. The summed E-state index contributed by atoms with van der Waals surface area (Å²) in [5, 5.41) is 3.47. The standard InChI is InChI=1S/C15H28N2O/c1-4-6-15(12-16-9-5-2)17-10-7-14(8-11-17)13(3)18/h6,14,16H,4-5,7-12H2,1-3H3/b15-6+. The molecule has 1 saturated heterocycles. The maximum absolute atomic E-state index is 11.4. The van der Waals surface area contributed by atoms with Crippen LogP contribution < -0.4 is 5.32 Å². The van der Waals surface area contributed by atoms with Crippen LogP contribution in [-0.2, 0) is 4.79 Å². The Balaban J connectivity index is 2.45. The van der Waals surface area contributed by atoms with Gasteiger partial charge in [0.25, 0.3) is 0 Å². The van der Waals surface area contributed by atoms with E-state index in [1.165, 1.54) is 12.1 Å². The van der Waals surface area contributed by atoms with E-state index in [-0.39, 0.29) is 0 Å². The second-order valence-corrected chi connectivity index (χ2v) is 5.15. The SMILES string of the molecule is CC/C=C(\CNCCC)N1CCC(C(C)=O)CC1. The number of carbonyl (C=O) groups excluding carboxylic acids is 1. The van der Waals surface area contributed by atoms with E-state index in [9.17, 15) is 4.79 Å². The lowest BCUT2D eigenvalue weighted by atomic mass is 9.93. The molecule has 0 bridgehead atoms. The fourth-order valence-corrected chi connectivity index (χ4v) is 2.52. The Morgan fingerprint density at radius 1 is 1.33 bits per heavy atom. The van der Waals surface area contributed by atoms with Crippen LogP contribution in [0.3, 0.4) is 0 Å². The van der Waals surface area contributed by atoms with Gasteiger partial charge in [-0.15, -0.1) is 0 Å². The zero-order chi connectivity index (χ0) is 13.4. The Bertz CT molecular complexity index is 278. The number of likely N-dealkylation sites (tertiary alicyclic amines) is 1. The van der Waals surface area contributed by atoms with Crippen LogP contribution in [0.1, 0.15) is 46.5 Å². The molecule has 0 atom stereocenters. The molecule has 1 rings (SSSR count). The maximum atomic E-state index is 11.4.